The monoisotopic (exact) mass is 196 g/mol. The van der Waals surface area contributed by atoms with Crippen LogP contribution in [0.1, 0.15) is 52.4 Å². The lowest BCUT2D eigenvalue weighted by atomic mass is 9.74. The van der Waals surface area contributed by atoms with Crippen LogP contribution in [-0.4, -0.2) is 11.2 Å². The van der Waals surface area contributed by atoms with Crippen LogP contribution in [0.15, 0.2) is 0 Å². The molecular weight excluding hydrogens is 172 g/mol. The van der Waals surface area contributed by atoms with Gasteiger partial charge >= 0.3 is 0 Å². The van der Waals surface area contributed by atoms with Crippen LogP contribution in [0.4, 0.5) is 0 Å². The van der Waals surface area contributed by atoms with E-state index in [0.29, 0.717) is 5.92 Å². The SMILES string of the molecule is CC1CC(C)CC(CC(O)C2CC2)C1. The molecule has 82 valence electrons. The van der Waals surface area contributed by atoms with Crippen LogP contribution in [0.2, 0.25) is 0 Å². The minimum absolute atomic E-state index is 0.0255. The highest BCUT2D eigenvalue weighted by atomic mass is 16.3. The second-order valence-electron chi connectivity index (χ2n) is 5.92. The van der Waals surface area contributed by atoms with Crippen molar-refractivity contribution in [2.45, 2.75) is 58.5 Å². The second-order valence-corrected chi connectivity index (χ2v) is 5.92. The van der Waals surface area contributed by atoms with E-state index in [2.05, 4.69) is 13.8 Å². The molecule has 3 atom stereocenters. The summed E-state index contributed by atoms with van der Waals surface area (Å²) in [5.41, 5.74) is 0. The van der Waals surface area contributed by atoms with E-state index in [4.69, 9.17) is 0 Å². The average molecular weight is 196 g/mol. The normalized spacial score (nSPS) is 40.9. The molecule has 0 saturated heterocycles. The molecule has 2 aliphatic carbocycles. The standard InChI is InChI=1S/C13H24O/c1-9-5-10(2)7-11(6-9)8-13(14)12-3-4-12/h9-14H,3-8H2,1-2H3. The molecule has 2 rings (SSSR count). The molecule has 0 spiro atoms. The van der Waals surface area contributed by atoms with Gasteiger partial charge in [0, 0.05) is 0 Å². The van der Waals surface area contributed by atoms with E-state index >= 15 is 0 Å². The van der Waals surface area contributed by atoms with Gasteiger partial charge in [-0.25, -0.2) is 0 Å². The maximum atomic E-state index is 9.91. The van der Waals surface area contributed by atoms with Crippen LogP contribution in [0.3, 0.4) is 0 Å². The molecule has 0 aliphatic heterocycles. The van der Waals surface area contributed by atoms with Crippen molar-refractivity contribution < 1.29 is 5.11 Å². The van der Waals surface area contributed by atoms with E-state index in [9.17, 15) is 5.11 Å². The van der Waals surface area contributed by atoms with Crippen LogP contribution in [0.25, 0.3) is 0 Å². The molecule has 1 nitrogen and oxygen atoms in total. The zero-order valence-corrected chi connectivity index (χ0v) is 9.58. The molecule has 2 aliphatic rings. The third-order valence-electron chi connectivity index (χ3n) is 4.02. The molecule has 14 heavy (non-hydrogen) atoms. The zero-order valence-electron chi connectivity index (χ0n) is 9.58. The fourth-order valence-electron chi connectivity index (χ4n) is 3.32. The minimum atomic E-state index is 0.0255. The molecule has 0 aromatic heterocycles. The molecular formula is C13H24O. The number of rotatable bonds is 3. The highest BCUT2D eigenvalue weighted by molar-refractivity contribution is 4.84. The Bertz CT molecular complexity index is 176. The summed E-state index contributed by atoms with van der Waals surface area (Å²) >= 11 is 0. The van der Waals surface area contributed by atoms with Crippen LogP contribution in [-0.2, 0) is 0 Å². The summed E-state index contributed by atoms with van der Waals surface area (Å²) < 4.78 is 0. The maximum Gasteiger partial charge on any atom is 0.0571 e. The van der Waals surface area contributed by atoms with Crippen molar-refractivity contribution in [3.05, 3.63) is 0 Å². The van der Waals surface area contributed by atoms with Crippen molar-refractivity contribution in [1.82, 2.24) is 0 Å². The molecule has 3 unspecified atom stereocenters. The fraction of sp³-hybridized carbons (Fsp3) is 1.00. The summed E-state index contributed by atoms with van der Waals surface area (Å²) in [4.78, 5) is 0. The minimum Gasteiger partial charge on any atom is -0.393 e. The Morgan fingerprint density at radius 3 is 2.14 bits per heavy atom. The van der Waals surface area contributed by atoms with Crippen molar-refractivity contribution in [2.75, 3.05) is 0 Å². The molecule has 2 saturated carbocycles. The molecule has 0 aromatic rings. The lowest BCUT2D eigenvalue weighted by Crippen LogP contribution is -2.24. The largest absolute Gasteiger partial charge is 0.393 e. The van der Waals surface area contributed by atoms with Gasteiger partial charge in [0.2, 0.25) is 0 Å². The van der Waals surface area contributed by atoms with Crippen molar-refractivity contribution in [3.8, 4) is 0 Å². The first-order valence-corrected chi connectivity index (χ1v) is 6.33. The third kappa shape index (κ3) is 2.73. The maximum absolute atomic E-state index is 9.91. The van der Waals surface area contributed by atoms with Gasteiger partial charge in [-0.2, -0.15) is 0 Å². The first-order chi connectivity index (χ1) is 6.65. The average Bonchev–Trinajstić information content (AvgIpc) is 2.82. The molecule has 2 fully saturated rings. The molecule has 1 N–H and O–H groups in total. The zero-order chi connectivity index (χ0) is 10.1. The highest BCUT2D eigenvalue weighted by Gasteiger charge is 2.33. The smallest absolute Gasteiger partial charge is 0.0571 e. The van der Waals surface area contributed by atoms with Crippen molar-refractivity contribution in [2.24, 2.45) is 23.7 Å². The van der Waals surface area contributed by atoms with Crippen molar-refractivity contribution in [3.63, 3.8) is 0 Å². The van der Waals surface area contributed by atoms with Crippen molar-refractivity contribution in [1.29, 1.82) is 0 Å². The van der Waals surface area contributed by atoms with Gasteiger partial charge in [0.15, 0.2) is 0 Å². The number of aliphatic hydroxyl groups excluding tert-OH is 1. The van der Waals surface area contributed by atoms with E-state index in [1.807, 2.05) is 0 Å². The third-order valence-corrected chi connectivity index (χ3v) is 4.02. The molecule has 0 heterocycles. The number of hydrogen-bond donors (Lipinski definition) is 1. The van der Waals surface area contributed by atoms with E-state index < -0.39 is 0 Å². The molecule has 0 radical (unpaired) electrons. The number of hydrogen-bond acceptors (Lipinski definition) is 1. The highest BCUT2D eigenvalue weighted by Crippen LogP contribution is 2.40. The lowest BCUT2D eigenvalue weighted by Gasteiger charge is -2.32. The van der Waals surface area contributed by atoms with Crippen LogP contribution < -0.4 is 0 Å². The number of aliphatic hydroxyl groups is 1. The van der Waals surface area contributed by atoms with E-state index in [1.54, 1.807) is 0 Å². The summed E-state index contributed by atoms with van der Waals surface area (Å²) in [6, 6.07) is 0. The van der Waals surface area contributed by atoms with Crippen LogP contribution in [0.5, 0.6) is 0 Å². The summed E-state index contributed by atoms with van der Waals surface area (Å²) in [5, 5.41) is 9.91. The van der Waals surface area contributed by atoms with Gasteiger partial charge in [0.1, 0.15) is 0 Å². The summed E-state index contributed by atoms with van der Waals surface area (Å²) in [6.07, 6.45) is 7.77. The first kappa shape index (κ1) is 10.5. The molecule has 0 aromatic carbocycles. The summed E-state index contributed by atoms with van der Waals surface area (Å²) in [5.74, 6) is 3.25. The summed E-state index contributed by atoms with van der Waals surface area (Å²) in [7, 11) is 0. The lowest BCUT2D eigenvalue weighted by molar-refractivity contribution is 0.0927. The van der Waals surface area contributed by atoms with E-state index in [-0.39, 0.29) is 6.10 Å². The van der Waals surface area contributed by atoms with E-state index in [0.717, 1.165) is 24.2 Å². The predicted octanol–water partition coefficient (Wildman–Crippen LogP) is 3.22. The van der Waals surface area contributed by atoms with Gasteiger partial charge in [0.25, 0.3) is 0 Å². The summed E-state index contributed by atoms with van der Waals surface area (Å²) in [6.45, 7) is 4.73. The Morgan fingerprint density at radius 2 is 1.64 bits per heavy atom. The van der Waals surface area contributed by atoms with Crippen LogP contribution >= 0.6 is 0 Å². The predicted molar refractivity (Wildman–Crippen MR) is 59.0 cm³/mol. The van der Waals surface area contributed by atoms with Gasteiger partial charge in [-0.15, -0.1) is 0 Å². The Labute approximate surface area is 87.9 Å². The Balaban J connectivity index is 1.78. The van der Waals surface area contributed by atoms with Gasteiger partial charge in [-0.3, -0.25) is 0 Å². The fourth-order valence-corrected chi connectivity index (χ4v) is 3.32. The quantitative estimate of drug-likeness (QED) is 0.735. The Morgan fingerprint density at radius 1 is 1.07 bits per heavy atom. The Kier molecular flexibility index (Phi) is 3.16. The molecule has 0 amide bonds. The van der Waals surface area contributed by atoms with Gasteiger partial charge < -0.3 is 5.11 Å². The Hall–Kier alpha value is -0.0400. The first-order valence-electron chi connectivity index (χ1n) is 6.33. The van der Waals surface area contributed by atoms with Gasteiger partial charge in [-0.05, 0) is 62.2 Å². The topological polar surface area (TPSA) is 20.2 Å². The second kappa shape index (κ2) is 4.22. The van der Waals surface area contributed by atoms with Gasteiger partial charge in [-0.1, -0.05) is 13.8 Å². The van der Waals surface area contributed by atoms with Gasteiger partial charge in [0.05, 0.1) is 6.10 Å². The van der Waals surface area contributed by atoms with E-state index in [1.165, 1.54) is 32.1 Å². The molecule has 1 heteroatoms. The molecule has 0 bridgehead atoms. The van der Waals surface area contributed by atoms with Crippen LogP contribution in [0, 0.1) is 23.7 Å². The van der Waals surface area contributed by atoms with Crippen molar-refractivity contribution >= 4 is 0 Å².